The lowest BCUT2D eigenvalue weighted by Gasteiger charge is -1.98. The highest BCUT2D eigenvalue weighted by Gasteiger charge is 2.16. The minimum atomic E-state index is -0.279. The van der Waals surface area contributed by atoms with E-state index >= 15 is 0 Å². The zero-order chi connectivity index (χ0) is 14.3. The number of rotatable bonds is 3. The average Bonchev–Trinajstić information content (AvgIpc) is 2.95. The molecule has 0 aliphatic heterocycles. The molecule has 20 heavy (non-hydrogen) atoms. The van der Waals surface area contributed by atoms with E-state index in [2.05, 4.69) is 15.1 Å². The Morgan fingerprint density at radius 3 is 2.90 bits per heavy atom. The van der Waals surface area contributed by atoms with Crippen LogP contribution in [0.5, 0.6) is 5.95 Å². The normalized spacial score (nSPS) is 11.3. The number of H-pyrrole nitrogens is 1. The molecular formula is C13H14N4O3. The third kappa shape index (κ3) is 1.87. The quantitative estimate of drug-likeness (QED) is 0.755. The van der Waals surface area contributed by atoms with Crippen LogP contribution in [0.1, 0.15) is 19.0 Å². The minimum absolute atomic E-state index is 0.220. The molecule has 7 nitrogen and oxygen atoms in total. The van der Waals surface area contributed by atoms with Crippen LogP contribution in [0.25, 0.3) is 22.6 Å². The molecule has 0 radical (unpaired) electrons. The van der Waals surface area contributed by atoms with Gasteiger partial charge in [-0.15, -0.1) is 0 Å². The monoisotopic (exact) mass is 274 g/mol. The van der Waals surface area contributed by atoms with Crippen LogP contribution in [-0.4, -0.2) is 24.9 Å². The molecule has 0 bridgehead atoms. The largest absolute Gasteiger partial charge is 0.481 e. The zero-order valence-electron chi connectivity index (χ0n) is 11.2. The lowest BCUT2D eigenvalue weighted by atomic mass is 10.2. The van der Waals surface area contributed by atoms with Gasteiger partial charge in [-0.2, -0.15) is 5.10 Å². The fraction of sp³-hybridized carbons (Fsp3) is 0.308. The Hall–Kier alpha value is -2.57. The third-order valence-electron chi connectivity index (χ3n) is 3.07. The van der Waals surface area contributed by atoms with E-state index in [1.807, 2.05) is 6.92 Å². The maximum atomic E-state index is 12.2. The molecular weight excluding hydrogens is 260 g/mol. The summed E-state index contributed by atoms with van der Waals surface area (Å²) in [6.45, 7) is 2.04. The molecule has 0 atom stereocenters. The summed E-state index contributed by atoms with van der Waals surface area (Å²) in [7, 11) is 1.72. The van der Waals surface area contributed by atoms with Crippen molar-refractivity contribution in [2.24, 2.45) is 7.05 Å². The van der Waals surface area contributed by atoms with Crippen LogP contribution < -0.4 is 5.56 Å². The number of hydrogen-bond acceptors (Lipinski definition) is 5. The second-order valence-electron chi connectivity index (χ2n) is 4.57. The first kappa shape index (κ1) is 12.5. The predicted octanol–water partition coefficient (Wildman–Crippen LogP) is 1.57. The van der Waals surface area contributed by atoms with Crippen LogP contribution in [0.4, 0.5) is 0 Å². The average molecular weight is 274 g/mol. The molecule has 3 aromatic rings. The van der Waals surface area contributed by atoms with Gasteiger partial charge in [0.05, 0.1) is 5.69 Å². The molecule has 0 unspecified atom stereocenters. The highest BCUT2D eigenvalue weighted by atomic mass is 16.5. The SMILES string of the molecule is CCCc1nn(C)c2c(=O)[nH]c(-c3ccc(O)o3)nc12. The van der Waals surface area contributed by atoms with Crippen LogP contribution in [0.3, 0.4) is 0 Å². The van der Waals surface area contributed by atoms with Crippen molar-refractivity contribution in [1.82, 2.24) is 19.7 Å². The number of aryl methyl sites for hydroxylation is 2. The van der Waals surface area contributed by atoms with Crippen molar-refractivity contribution in [1.29, 1.82) is 0 Å². The molecule has 0 saturated carbocycles. The van der Waals surface area contributed by atoms with Crippen molar-refractivity contribution in [2.75, 3.05) is 0 Å². The molecule has 0 aromatic carbocycles. The molecule has 0 aliphatic rings. The first-order chi connectivity index (χ1) is 9.60. The van der Waals surface area contributed by atoms with Gasteiger partial charge in [-0.3, -0.25) is 9.48 Å². The number of nitrogens with one attached hydrogen (secondary N) is 1. The fourth-order valence-electron chi connectivity index (χ4n) is 2.22. The van der Waals surface area contributed by atoms with Crippen LogP contribution in [0, 0.1) is 0 Å². The van der Waals surface area contributed by atoms with E-state index in [0.29, 0.717) is 16.8 Å². The lowest BCUT2D eigenvalue weighted by Crippen LogP contribution is -2.12. The second kappa shape index (κ2) is 4.52. The van der Waals surface area contributed by atoms with Crippen LogP contribution in [-0.2, 0) is 13.5 Å². The summed E-state index contributed by atoms with van der Waals surface area (Å²) in [4.78, 5) is 19.2. The number of furan rings is 1. The van der Waals surface area contributed by atoms with Gasteiger partial charge >= 0.3 is 0 Å². The van der Waals surface area contributed by atoms with Crippen molar-refractivity contribution in [3.63, 3.8) is 0 Å². The number of aromatic amines is 1. The molecule has 3 rings (SSSR count). The van der Waals surface area contributed by atoms with Gasteiger partial charge in [0, 0.05) is 13.1 Å². The van der Waals surface area contributed by atoms with E-state index in [0.717, 1.165) is 18.5 Å². The van der Waals surface area contributed by atoms with Crippen LogP contribution in [0.15, 0.2) is 21.3 Å². The molecule has 104 valence electrons. The van der Waals surface area contributed by atoms with Gasteiger partial charge in [0.1, 0.15) is 5.52 Å². The molecule has 3 aromatic heterocycles. The van der Waals surface area contributed by atoms with Gasteiger partial charge < -0.3 is 14.5 Å². The highest BCUT2D eigenvalue weighted by molar-refractivity contribution is 5.78. The summed E-state index contributed by atoms with van der Waals surface area (Å²) in [6, 6.07) is 2.95. The highest BCUT2D eigenvalue weighted by Crippen LogP contribution is 2.23. The maximum absolute atomic E-state index is 12.2. The van der Waals surface area contributed by atoms with Crippen molar-refractivity contribution in [3.8, 4) is 17.5 Å². The van der Waals surface area contributed by atoms with Crippen molar-refractivity contribution >= 4 is 11.0 Å². The summed E-state index contributed by atoms with van der Waals surface area (Å²) < 4.78 is 6.61. The number of nitrogens with zero attached hydrogens (tertiary/aromatic N) is 3. The van der Waals surface area contributed by atoms with Gasteiger partial charge in [-0.1, -0.05) is 13.3 Å². The van der Waals surface area contributed by atoms with Crippen LogP contribution in [0.2, 0.25) is 0 Å². The Bertz CT molecular complexity index is 828. The Morgan fingerprint density at radius 1 is 1.45 bits per heavy atom. The Labute approximate surface area is 113 Å². The molecule has 2 N–H and O–H groups in total. The predicted molar refractivity (Wildman–Crippen MR) is 72.5 cm³/mol. The van der Waals surface area contributed by atoms with E-state index in [9.17, 15) is 9.90 Å². The Kier molecular flexibility index (Phi) is 2.81. The van der Waals surface area contributed by atoms with Crippen LogP contribution >= 0.6 is 0 Å². The number of aromatic nitrogens is 4. The van der Waals surface area contributed by atoms with E-state index < -0.39 is 0 Å². The fourth-order valence-corrected chi connectivity index (χ4v) is 2.22. The second-order valence-corrected chi connectivity index (χ2v) is 4.57. The molecule has 0 spiro atoms. The van der Waals surface area contributed by atoms with E-state index in [4.69, 9.17) is 4.42 Å². The van der Waals surface area contributed by atoms with Gasteiger partial charge in [0.25, 0.3) is 11.5 Å². The van der Waals surface area contributed by atoms with Crippen molar-refractivity contribution in [3.05, 3.63) is 28.2 Å². The summed E-state index contributed by atoms with van der Waals surface area (Å²) in [6.07, 6.45) is 1.66. The molecule has 7 heteroatoms. The Balaban J connectivity index is 2.27. The molecule has 0 fully saturated rings. The standard InChI is InChI=1S/C13H14N4O3/c1-3-4-7-10-11(17(2)16-7)13(19)15-12(14-10)8-5-6-9(18)20-8/h5-6,18H,3-4H2,1-2H3,(H,14,15,19). The summed E-state index contributed by atoms with van der Waals surface area (Å²) >= 11 is 0. The Morgan fingerprint density at radius 2 is 2.25 bits per heavy atom. The van der Waals surface area contributed by atoms with Gasteiger partial charge in [-0.25, -0.2) is 4.98 Å². The van der Waals surface area contributed by atoms with Gasteiger partial charge in [-0.05, 0) is 12.5 Å². The number of aromatic hydroxyl groups is 1. The van der Waals surface area contributed by atoms with Gasteiger partial charge in [0.2, 0.25) is 0 Å². The summed E-state index contributed by atoms with van der Waals surface area (Å²) in [5.41, 5.74) is 1.52. The molecule has 0 aliphatic carbocycles. The number of hydrogen-bond donors (Lipinski definition) is 2. The molecule has 0 amide bonds. The van der Waals surface area contributed by atoms with Crippen molar-refractivity contribution in [2.45, 2.75) is 19.8 Å². The summed E-state index contributed by atoms with van der Waals surface area (Å²) in [5, 5.41) is 13.6. The smallest absolute Gasteiger partial charge is 0.282 e. The first-order valence-corrected chi connectivity index (χ1v) is 6.35. The van der Waals surface area contributed by atoms with E-state index in [1.165, 1.54) is 10.7 Å². The lowest BCUT2D eigenvalue weighted by molar-refractivity contribution is 0.337. The first-order valence-electron chi connectivity index (χ1n) is 6.35. The molecule has 3 heterocycles. The van der Waals surface area contributed by atoms with E-state index in [1.54, 1.807) is 13.1 Å². The van der Waals surface area contributed by atoms with Gasteiger partial charge in [0.15, 0.2) is 17.1 Å². The van der Waals surface area contributed by atoms with Crippen molar-refractivity contribution < 1.29 is 9.52 Å². The summed E-state index contributed by atoms with van der Waals surface area (Å²) in [5.74, 6) is 0.378. The minimum Gasteiger partial charge on any atom is -0.481 e. The van der Waals surface area contributed by atoms with E-state index in [-0.39, 0.29) is 17.3 Å². The topological polar surface area (TPSA) is 96.9 Å². The zero-order valence-corrected chi connectivity index (χ0v) is 11.2. The number of fused-ring (bicyclic) bond motifs is 1. The maximum Gasteiger partial charge on any atom is 0.282 e. The molecule has 0 saturated heterocycles. The third-order valence-corrected chi connectivity index (χ3v) is 3.07.